The molecule has 104 valence electrons. The second kappa shape index (κ2) is 5.13. The van der Waals surface area contributed by atoms with E-state index in [2.05, 4.69) is 9.97 Å². The largest absolute Gasteiger partial charge is 0.507 e. The third kappa shape index (κ3) is 2.25. The zero-order valence-corrected chi connectivity index (χ0v) is 11.2. The number of rotatable bonds is 2. The third-order valence-corrected chi connectivity index (χ3v) is 3.21. The van der Waals surface area contributed by atoms with Crippen molar-refractivity contribution in [2.45, 2.75) is 0 Å². The summed E-state index contributed by atoms with van der Waals surface area (Å²) in [5.41, 5.74) is 15.3. The molecule has 0 unspecified atom stereocenters. The van der Waals surface area contributed by atoms with Crippen molar-refractivity contribution in [1.82, 2.24) is 9.97 Å². The quantitative estimate of drug-likeness (QED) is 0.669. The zero-order chi connectivity index (χ0) is 14.8. The molecule has 2 aromatic heterocycles. The molecule has 1 aromatic carbocycles. The van der Waals surface area contributed by atoms with Gasteiger partial charge in [-0.2, -0.15) is 0 Å². The van der Waals surface area contributed by atoms with Crippen LogP contribution in [0.2, 0.25) is 0 Å². The summed E-state index contributed by atoms with van der Waals surface area (Å²) < 4.78 is 0. The molecule has 5 heteroatoms. The van der Waals surface area contributed by atoms with Crippen molar-refractivity contribution in [3.63, 3.8) is 0 Å². The minimum Gasteiger partial charge on any atom is -0.507 e. The summed E-state index contributed by atoms with van der Waals surface area (Å²) in [6.07, 6.45) is 3.28. The number of aromatic nitrogens is 2. The monoisotopic (exact) mass is 278 g/mol. The second-order valence-electron chi connectivity index (χ2n) is 4.58. The molecule has 0 aliphatic rings. The van der Waals surface area contributed by atoms with E-state index in [-0.39, 0.29) is 5.75 Å². The summed E-state index contributed by atoms with van der Waals surface area (Å²) in [5, 5.41) is 10.3. The SMILES string of the molecule is Nc1cccnc1-c1cccc(O)c1-c1ncccc1N. The molecule has 0 aliphatic carbocycles. The van der Waals surface area contributed by atoms with Crippen LogP contribution in [-0.2, 0) is 0 Å². The number of nitrogens with zero attached hydrogens (tertiary/aromatic N) is 2. The van der Waals surface area contributed by atoms with Gasteiger partial charge in [0, 0.05) is 18.0 Å². The first kappa shape index (κ1) is 12.9. The number of benzene rings is 1. The Balaban J connectivity index is 2.32. The Bertz CT molecular complexity index is 802. The molecule has 5 nitrogen and oxygen atoms in total. The smallest absolute Gasteiger partial charge is 0.125 e. The van der Waals surface area contributed by atoms with Gasteiger partial charge in [0.05, 0.1) is 28.3 Å². The molecule has 0 radical (unpaired) electrons. The van der Waals surface area contributed by atoms with Crippen LogP contribution in [0.1, 0.15) is 0 Å². The number of phenolic OH excluding ortho intramolecular Hbond substituents is 1. The lowest BCUT2D eigenvalue weighted by atomic mass is 9.98. The van der Waals surface area contributed by atoms with Crippen molar-refractivity contribution in [1.29, 1.82) is 0 Å². The van der Waals surface area contributed by atoms with Crippen LogP contribution in [0, 0.1) is 0 Å². The Labute approximate surface area is 121 Å². The molecule has 0 bridgehead atoms. The van der Waals surface area contributed by atoms with Crippen molar-refractivity contribution in [2.24, 2.45) is 0 Å². The Morgan fingerprint density at radius 2 is 1.38 bits per heavy atom. The lowest BCUT2D eigenvalue weighted by Crippen LogP contribution is -1.98. The van der Waals surface area contributed by atoms with Crippen LogP contribution in [-0.4, -0.2) is 15.1 Å². The van der Waals surface area contributed by atoms with Gasteiger partial charge in [0.2, 0.25) is 0 Å². The van der Waals surface area contributed by atoms with Crippen molar-refractivity contribution in [3.8, 4) is 28.3 Å². The fourth-order valence-electron chi connectivity index (χ4n) is 2.26. The lowest BCUT2D eigenvalue weighted by molar-refractivity contribution is 0.477. The van der Waals surface area contributed by atoms with Crippen LogP contribution < -0.4 is 11.5 Å². The molecule has 0 atom stereocenters. The minimum atomic E-state index is 0.0861. The van der Waals surface area contributed by atoms with Crippen LogP contribution in [0.3, 0.4) is 0 Å². The molecule has 0 aliphatic heterocycles. The van der Waals surface area contributed by atoms with Crippen molar-refractivity contribution < 1.29 is 5.11 Å². The van der Waals surface area contributed by atoms with Crippen LogP contribution in [0.15, 0.2) is 54.9 Å². The van der Waals surface area contributed by atoms with Crippen LogP contribution in [0.5, 0.6) is 5.75 Å². The van der Waals surface area contributed by atoms with Gasteiger partial charge in [0.25, 0.3) is 0 Å². The highest BCUT2D eigenvalue weighted by Gasteiger charge is 2.17. The first-order valence-electron chi connectivity index (χ1n) is 6.42. The second-order valence-corrected chi connectivity index (χ2v) is 4.58. The maximum atomic E-state index is 10.3. The van der Waals surface area contributed by atoms with E-state index in [0.29, 0.717) is 33.9 Å². The van der Waals surface area contributed by atoms with Crippen molar-refractivity contribution >= 4 is 11.4 Å². The van der Waals surface area contributed by atoms with Gasteiger partial charge in [-0.25, -0.2) is 0 Å². The average Bonchev–Trinajstić information content (AvgIpc) is 2.49. The summed E-state index contributed by atoms with van der Waals surface area (Å²) in [6.45, 7) is 0. The van der Waals surface area contributed by atoms with Crippen LogP contribution in [0.4, 0.5) is 11.4 Å². The topological polar surface area (TPSA) is 98.0 Å². The zero-order valence-electron chi connectivity index (χ0n) is 11.2. The number of pyridine rings is 2. The fourth-order valence-corrected chi connectivity index (χ4v) is 2.26. The third-order valence-electron chi connectivity index (χ3n) is 3.21. The van der Waals surface area contributed by atoms with E-state index in [4.69, 9.17) is 11.5 Å². The van der Waals surface area contributed by atoms with E-state index >= 15 is 0 Å². The van der Waals surface area contributed by atoms with Gasteiger partial charge < -0.3 is 16.6 Å². The lowest BCUT2D eigenvalue weighted by Gasteiger charge is -2.13. The standard InChI is InChI=1S/C16H14N4O/c17-11-5-2-8-19-15(11)10-4-1-7-13(21)14(10)16-12(18)6-3-9-20-16/h1-9,21H,17-18H2. The average molecular weight is 278 g/mol. The van der Waals surface area contributed by atoms with E-state index in [1.165, 1.54) is 0 Å². The van der Waals surface area contributed by atoms with Gasteiger partial charge in [-0.3, -0.25) is 9.97 Å². The van der Waals surface area contributed by atoms with E-state index in [0.717, 1.165) is 0 Å². The van der Waals surface area contributed by atoms with E-state index in [1.807, 2.05) is 6.07 Å². The molecule has 5 N–H and O–H groups in total. The number of aromatic hydroxyl groups is 1. The molecule has 3 aromatic rings. The molecular formula is C16H14N4O. The summed E-state index contributed by atoms with van der Waals surface area (Å²) in [4.78, 5) is 8.57. The van der Waals surface area contributed by atoms with E-state index < -0.39 is 0 Å². The molecule has 0 spiro atoms. The normalized spacial score (nSPS) is 10.5. The molecule has 0 amide bonds. The highest BCUT2D eigenvalue weighted by atomic mass is 16.3. The Morgan fingerprint density at radius 1 is 0.762 bits per heavy atom. The summed E-state index contributed by atoms with van der Waals surface area (Å²) in [6, 6.07) is 12.2. The van der Waals surface area contributed by atoms with Gasteiger partial charge >= 0.3 is 0 Å². The maximum absolute atomic E-state index is 10.3. The van der Waals surface area contributed by atoms with Crippen LogP contribution in [0.25, 0.3) is 22.5 Å². The number of hydrogen-bond acceptors (Lipinski definition) is 5. The first-order chi connectivity index (χ1) is 10.2. The Hall–Kier alpha value is -3.08. The summed E-state index contributed by atoms with van der Waals surface area (Å²) in [5.74, 6) is 0.0861. The first-order valence-corrected chi connectivity index (χ1v) is 6.42. The van der Waals surface area contributed by atoms with Gasteiger partial charge in [-0.15, -0.1) is 0 Å². The highest BCUT2D eigenvalue weighted by Crippen LogP contribution is 2.40. The predicted molar refractivity (Wildman–Crippen MR) is 83.4 cm³/mol. The van der Waals surface area contributed by atoms with Crippen molar-refractivity contribution in [2.75, 3.05) is 11.5 Å². The molecule has 21 heavy (non-hydrogen) atoms. The predicted octanol–water partition coefficient (Wildman–Crippen LogP) is 2.68. The fraction of sp³-hybridized carbons (Fsp3) is 0. The molecule has 0 saturated heterocycles. The van der Waals surface area contributed by atoms with Crippen molar-refractivity contribution in [3.05, 3.63) is 54.9 Å². The van der Waals surface area contributed by atoms with Gasteiger partial charge in [0.15, 0.2) is 0 Å². The molecule has 0 fully saturated rings. The Kier molecular flexibility index (Phi) is 3.16. The van der Waals surface area contributed by atoms with Gasteiger partial charge in [0.1, 0.15) is 5.75 Å². The summed E-state index contributed by atoms with van der Waals surface area (Å²) >= 11 is 0. The van der Waals surface area contributed by atoms with Crippen LogP contribution >= 0.6 is 0 Å². The molecule has 3 rings (SSSR count). The van der Waals surface area contributed by atoms with E-state index in [1.54, 1.807) is 48.8 Å². The number of nitrogens with two attached hydrogens (primary N) is 2. The molecule has 2 heterocycles. The Morgan fingerprint density at radius 3 is 2.00 bits per heavy atom. The maximum Gasteiger partial charge on any atom is 0.125 e. The van der Waals surface area contributed by atoms with Gasteiger partial charge in [-0.05, 0) is 30.3 Å². The number of anilines is 2. The molecule has 0 saturated carbocycles. The molecular weight excluding hydrogens is 264 g/mol. The summed E-state index contributed by atoms with van der Waals surface area (Å²) in [7, 11) is 0. The highest BCUT2D eigenvalue weighted by molar-refractivity contribution is 5.91. The minimum absolute atomic E-state index is 0.0861. The number of nitrogen functional groups attached to an aromatic ring is 2. The number of hydrogen-bond donors (Lipinski definition) is 3. The number of phenols is 1. The van der Waals surface area contributed by atoms with E-state index in [9.17, 15) is 5.11 Å². The van der Waals surface area contributed by atoms with Gasteiger partial charge in [-0.1, -0.05) is 12.1 Å².